The zero-order valence-corrected chi connectivity index (χ0v) is 13.8. The predicted octanol–water partition coefficient (Wildman–Crippen LogP) is 3.23. The lowest BCUT2D eigenvalue weighted by Crippen LogP contribution is -2.52. The van der Waals surface area contributed by atoms with E-state index in [0.29, 0.717) is 19.6 Å². The van der Waals surface area contributed by atoms with Gasteiger partial charge in [-0.05, 0) is 30.2 Å². The second kappa shape index (κ2) is 7.58. The van der Waals surface area contributed by atoms with E-state index in [-0.39, 0.29) is 23.9 Å². The summed E-state index contributed by atoms with van der Waals surface area (Å²) in [7, 11) is 0. The standard InChI is InChI=1S/C20H22FNO2/c1-15-14-24-19(11-16-5-3-2-4-6-16)13-22(15)20(23)12-17-7-9-18(21)10-8-17/h2-10,15,19H,11-14H2,1H3. The first kappa shape index (κ1) is 16.7. The van der Waals surface area contributed by atoms with Crippen molar-refractivity contribution in [3.8, 4) is 0 Å². The van der Waals surface area contributed by atoms with Gasteiger partial charge in [-0.2, -0.15) is 0 Å². The van der Waals surface area contributed by atoms with Gasteiger partial charge in [0.2, 0.25) is 5.91 Å². The lowest BCUT2D eigenvalue weighted by Gasteiger charge is -2.38. The topological polar surface area (TPSA) is 29.5 Å². The molecule has 1 aliphatic heterocycles. The molecule has 4 heteroatoms. The molecule has 1 amide bonds. The molecule has 2 aromatic carbocycles. The van der Waals surface area contributed by atoms with Crippen LogP contribution in [0.2, 0.25) is 0 Å². The van der Waals surface area contributed by atoms with Crippen molar-refractivity contribution in [2.45, 2.75) is 31.9 Å². The number of benzene rings is 2. The molecule has 1 fully saturated rings. The maximum Gasteiger partial charge on any atom is 0.227 e. The van der Waals surface area contributed by atoms with Crippen molar-refractivity contribution in [3.63, 3.8) is 0 Å². The molecule has 3 rings (SSSR count). The molecule has 0 spiro atoms. The zero-order valence-electron chi connectivity index (χ0n) is 13.8. The molecule has 0 radical (unpaired) electrons. The quantitative estimate of drug-likeness (QED) is 0.863. The summed E-state index contributed by atoms with van der Waals surface area (Å²) in [5.74, 6) is -0.218. The van der Waals surface area contributed by atoms with Crippen LogP contribution in [0.5, 0.6) is 0 Å². The van der Waals surface area contributed by atoms with Crippen LogP contribution in [0.25, 0.3) is 0 Å². The molecule has 126 valence electrons. The number of hydrogen-bond acceptors (Lipinski definition) is 2. The Morgan fingerprint density at radius 1 is 1.12 bits per heavy atom. The first-order chi connectivity index (χ1) is 11.6. The minimum atomic E-state index is -0.283. The number of amides is 1. The molecule has 0 saturated carbocycles. The van der Waals surface area contributed by atoms with Crippen LogP contribution in [-0.2, 0) is 22.4 Å². The predicted molar refractivity (Wildman–Crippen MR) is 91.2 cm³/mol. The van der Waals surface area contributed by atoms with Crippen LogP contribution in [0.3, 0.4) is 0 Å². The van der Waals surface area contributed by atoms with Gasteiger partial charge in [0.15, 0.2) is 0 Å². The maximum atomic E-state index is 13.0. The molecule has 0 N–H and O–H groups in total. The highest BCUT2D eigenvalue weighted by atomic mass is 19.1. The van der Waals surface area contributed by atoms with Crippen LogP contribution in [0.15, 0.2) is 54.6 Å². The van der Waals surface area contributed by atoms with Crippen LogP contribution < -0.4 is 0 Å². The van der Waals surface area contributed by atoms with Gasteiger partial charge in [-0.3, -0.25) is 4.79 Å². The maximum absolute atomic E-state index is 13.0. The smallest absolute Gasteiger partial charge is 0.227 e. The summed E-state index contributed by atoms with van der Waals surface area (Å²) in [5.41, 5.74) is 2.04. The van der Waals surface area contributed by atoms with E-state index in [4.69, 9.17) is 4.74 Å². The number of morpholine rings is 1. The van der Waals surface area contributed by atoms with Crippen LogP contribution in [-0.4, -0.2) is 36.1 Å². The number of halogens is 1. The Balaban J connectivity index is 1.62. The fraction of sp³-hybridized carbons (Fsp3) is 0.350. The minimum Gasteiger partial charge on any atom is -0.374 e. The van der Waals surface area contributed by atoms with E-state index in [2.05, 4.69) is 12.1 Å². The van der Waals surface area contributed by atoms with Crippen LogP contribution in [0.1, 0.15) is 18.1 Å². The third-order valence-corrected chi connectivity index (χ3v) is 4.40. The fourth-order valence-electron chi connectivity index (χ4n) is 3.04. The van der Waals surface area contributed by atoms with E-state index in [9.17, 15) is 9.18 Å². The summed E-state index contributed by atoms with van der Waals surface area (Å²) >= 11 is 0. The molecular formula is C20H22FNO2. The Hall–Kier alpha value is -2.20. The first-order valence-electron chi connectivity index (χ1n) is 8.31. The molecule has 0 bridgehead atoms. The van der Waals surface area contributed by atoms with Crippen LogP contribution >= 0.6 is 0 Å². The van der Waals surface area contributed by atoms with Gasteiger partial charge in [-0.25, -0.2) is 4.39 Å². The molecule has 2 atom stereocenters. The Kier molecular flexibility index (Phi) is 5.26. The van der Waals surface area contributed by atoms with Crippen molar-refractivity contribution >= 4 is 5.91 Å². The molecule has 3 nitrogen and oxygen atoms in total. The minimum absolute atomic E-state index is 0.0146. The van der Waals surface area contributed by atoms with Crippen molar-refractivity contribution < 1.29 is 13.9 Å². The summed E-state index contributed by atoms with van der Waals surface area (Å²) in [6, 6.07) is 16.3. The van der Waals surface area contributed by atoms with Crippen LogP contribution in [0.4, 0.5) is 4.39 Å². The first-order valence-corrected chi connectivity index (χ1v) is 8.31. The van der Waals surface area contributed by atoms with Crippen molar-refractivity contribution in [1.82, 2.24) is 4.90 Å². The summed E-state index contributed by atoms with van der Waals surface area (Å²) in [6.45, 7) is 3.14. The third-order valence-electron chi connectivity index (χ3n) is 4.40. The van der Waals surface area contributed by atoms with E-state index >= 15 is 0 Å². The molecule has 1 saturated heterocycles. The summed E-state index contributed by atoms with van der Waals surface area (Å²) in [5, 5.41) is 0. The number of ether oxygens (including phenoxy) is 1. The number of carbonyl (C=O) groups excluding carboxylic acids is 1. The largest absolute Gasteiger partial charge is 0.374 e. The van der Waals surface area contributed by atoms with Crippen molar-refractivity contribution in [2.24, 2.45) is 0 Å². The lowest BCUT2D eigenvalue weighted by atomic mass is 10.0. The number of carbonyl (C=O) groups is 1. The van der Waals surface area contributed by atoms with Gasteiger partial charge in [0.05, 0.1) is 25.2 Å². The molecule has 24 heavy (non-hydrogen) atoms. The highest BCUT2D eigenvalue weighted by molar-refractivity contribution is 5.79. The van der Waals surface area contributed by atoms with Gasteiger partial charge in [0.1, 0.15) is 5.82 Å². The average molecular weight is 327 g/mol. The number of nitrogens with zero attached hydrogens (tertiary/aromatic N) is 1. The van der Waals surface area contributed by atoms with E-state index in [1.54, 1.807) is 12.1 Å². The van der Waals surface area contributed by atoms with Gasteiger partial charge in [-0.1, -0.05) is 42.5 Å². The van der Waals surface area contributed by atoms with Crippen LogP contribution in [0, 0.1) is 5.82 Å². The van der Waals surface area contributed by atoms with Gasteiger partial charge >= 0.3 is 0 Å². The summed E-state index contributed by atoms with van der Waals surface area (Å²) < 4.78 is 18.9. The third kappa shape index (κ3) is 4.20. The Bertz CT molecular complexity index is 672. The molecular weight excluding hydrogens is 305 g/mol. The molecule has 1 heterocycles. The Morgan fingerprint density at radius 3 is 2.54 bits per heavy atom. The van der Waals surface area contributed by atoms with Gasteiger partial charge in [-0.15, -0.1) is 0 Å². The molecule has 1 aliphatic rings. The van der Waals surface area contributed by atoms with Crippen molar-refractivity contribution in [1.29, 1.82) is 0 Å². The van der Waals surface area contributed by atoms with Crippen molar-refractivity contribution in [3.05, 3.63) is 71.5 Å². The van der Waals surface area contributed by atoms with Crippen molar-refractivity contribution in [2.75, 3.05) is 13.2 Å². The highest BCUT2D eigenvalue weighted by Gasteiger charge is 2.29. The summed E-state index contributed by atoms with van der Waals surface area (Å²) in [6.07, 6.45) is 1.11. The molecule has 2 unspecified atom stereocenters. The zero-order chi connectivity index (χ0) is 16.9. The summed E-state index contributed by atoms with van der Waals surface area (Å²) in [4.78, 5) is 14.5. The lowest BCUT2D eigenvalue weighted by molar-refractivity contribution is -0.143. The van der Waals surface area contributed by atoms with Gasteiger partial charge in [0, 0.05) is 13.0 Å². The molecule has 0 aliphatic carbocycles. The second-order valence-corrected chi connectivity index (χ2v) is 6.34. The Labute approximate surface area is 142 Å². The monoisotopic (exact) mass is 327 g/mol. The van der Waals surface area contributed by atoms with E-state index in [1.165, 1.54) is 17.7 Å². The highest BCUT2D eigenvalue weighted by Crippen LogP contribution is 2.17. The number of rotatable bonds is 4. The normalized spacial score (nSPS) is 20.8. The van der Waals surface area contributed by atoms with Gasteiger partial charge in [0.25, 0.3) is 0 Å². The SMILES string of the molecule is CC1COC(Cc2ccccc2)CN1C(=O)Cc1ccc(F)cc1. The Morgan fingerprint density at radius 2 is 1.83 bits per heavy atom. The van der Waals surface area contributed by atoms with E-state index < -0.39 is 0 Å². The van der Waals surface area contributed by atoms with E-state index in [1.807, 2.05) is 30.0 Å². The molecule has 0 aromatic heterocycles. The second-order valence-electron chi connectivity index (χ2n) is 6.34. The molecule has 2 aromatic rings. The number of hydrogen-bond donors (Lipinski definition) is 0. The fourth-order valence-corrected chi connectivity index (χ4v) is 3.04. The van der Waals surface area contributed by atoms with E-state index in [0.717, 1.165) is 12.0 Å². The van der Waals surface area contributed by atoms with Gasteiger partial charge < -0.3 is 9.64 Å². The average Bonchev–Trinajstić information content (AvgIpc) is 2.59.